The van der Waals surface area contributed by atoms with E-state index in [0.29, 0.717) is 6.04 Å². The summed E-state index contributed by atoms with van der Waals surface area (Å²) in [6.45, 7) is 10.0. The fourth-order valence-corrected chi connectivity index (χ4v) is 3.74. The Hall–Kier alpha value is 0.0100. The highest BCUT2D eigenvalue weighted by molar-refractivity contribution is 7.99. The zero-order chi connectivity index (χ0) is 12.0. The van der Waals surface area contributed by atoms with Crippen molar-refractivity contribution in [2.45, 2.75) is 45.4 Å². The molecule has 0 radical (unpaired) electrons. The number of hydrogen-bond acceptors (Lipinski definition) is 3. The van der Waals surface area contributed by atoms with Gasteiger partial charge in [0.1, 0.15) is 0 Å². The molecule has 2 atom stereocenters. The Kier molecular flexibility index (Phi) is 6.47. The zero-order valence-electron chi connectivity index (χ0n) is 10.7. The van der Waals surface area contributed by atoms with Crippen LogP contribution >= 0.6 is 23.1 Å². The van der Waals surface area contributed by atoms with Gasteiger partial charge in [-0.15, -0.1) is 11.3 Å². The molecule has 1 aromatic rings. The molecule has 16 heavy (non-hydrogen) atoms. The number of thiophene rings is 1. The first kappa shape index (κ1) is 14.1. The lowest BCUT2D eigenvalue weighted by molar-refractivity contribution is 0.611. The topological polar surface area (TPSA) is 12.0 Å². The summed E-state index contributed by atoms with van der Waals surface area (Å²) in [5.41, 5.74) is 1.43. The van der Waals surface area contributed by atoms with Gasteiger partial charge in [-0.25, -0.2) is 0 Å². The second-order valence-corrected chi connectivity index (χ2v) is 6.55. The SMILES string of the molecule is CCNC(CSC(C)CC)c1sccc1C. The number of thioether (sulfide) groups is 1. The highest BCUT2D eigenvalue weighted by Gasteiger charge is 2.15. The van der Waals surface area contributed by atoms with Crippen LogP contribution in [0, 0.1) is 6.92 Å². The van der Waals surface area contributed by atoms with Gasteiger partial charge in [-0.05, 0) is 36.9 Å². The van der Waals surface area contributed by atoms with Gasteiger partial charge in [-0.3, -0.25) is 0 Å². The normalized spacial score (nSPS) is 15.0. The molecule has 0 aliphatic heterocycles. The maximum absolute atomic E-state index is 3.59. The molecular weight excluding hydrogens is 234 g/mol. The Balaban J connectivity index is 2.58. The van der Waals surface area contributed by atoms with Gasteiger partial charge >= 0.3 is 0 Å². The van der Waals surface area contributed by atoms with Gasteiger partial charge in [0.2, 0.25) is 0 Å². The zero-order valence-corrected chi connectivity index (χ0v) is 12.4. The summed E-state index contributed by atoms with van der Waals surface area (Å²) in [7, 11) is 0. The van der Waals surface area contributed by atoms with Crippen LogP contribution < -0.4 is 5.32 Å². The molecule has 3 heteroatoms. The van der Waals surface area contributed by atoms with Gasteiger partial charge in [-0.1, -0.05) is 20.8 Å². The molecule has 0 fully saturated rings. The van der Waals surface area contributed by atoms with Crippen LogP contribution in [0.2, 0.25) is 0 Å². The quantitative estimate of drug-likeness (QED) is 0.784. The summed E-state index contributed by atoms with van der Waals surface area (Å²) < 4.78 is 0. The standard InChI is InChI=1S/C13H23NS2/c1-5-11(4)16-9-12(14-6-2)13-10(3)7-8-15-13/h7-8,11-12,14H,5-6,9H2,1-4H3. The molecule has 0 saturated carbocycles. The van der Waals surface area contributed by atoms with Crippen LogP contribution in [0.1, 0.15) is 43.7 Å². The molecule has 2 unspecified atom stereocenters. The number of hydrogen-bond donors (Lipinski definition) is 1. The van der Waals surface area contributed by atoms with Crippen LogP contribution in [0.5, 0.6) is 0 Å². The van der Waals surface area contributed by atoms with Crippen LogP contribution in [0.25, 0.3) is 0 Å². The van der Waals surface area contributed by atoms with E-state index in [4.69, 9.17) is 0 Å². The van der Waals surface area contributed by atoms with Gasteiger partial charge in [0.15, 0.2) is 0 Å². The molecule has 1 rings (SSSR count). The molecule has 0 saturated heterocycles. The monoisotopic (exact) mass is 257 g/mol. The van der Waals surface area contributed by atoms with E-state index < -0.39 is 0 Å². The maximum Gasteiger partial charge on any atom is 0.0509 e. The molecule has 0 amide bonds. The van der Waals surface area contributed by atoms with Crippen molar-refractivity contribution in [3.63, 3.8) is 0 Å². The molecule has 0 bridgehead atoms. The van der Waals surface area contributed by atoms with E-state index >= 15 is 0 Å². The molecule has 0 aliphatic rings. The Morgan fingerprint density at radius 2 is 2.19 bits per heavy atom. The third kappa shape index (κ3) is 4.11. The van der Waals surface area contributed by atoms with E-state index in [-0.39, 0.29) is 0 Å². The number of nitrogens with one attached hydrogen (secondary N) is 1. The van der Waals surface area contributed by atoms with Gasteiger partial charge < -0.3 is 5.32 Å². The van der Waals surface area contributed by atoms with E-state index in [1.165, 1.54) is 22.6 Å². The Morgan fingerprint density at radius 3 is 2.69 bits per heavy atom. The maximum atomic E-state index is 3.59. The summed E-state index contributed by atoms with van der Waals surface area (Å²) >= 11 is 3.96. The third-order valence-corrected chi connectivity index (χ3v) is 5.35. The van der Waals surface area contributed by atoms with E-state index in [9.17, 15) is 0 Å². The minimum atomic E-state index is 0.531. The molecule has 92 valence electrons. The fourth-order valence-electron chi connectivity index (χ4n) is 1.59. The van der Waals surface area contributed by atoms with Crippen LogP contribution in [0.15, 0.2) is 11.4 Å². The average Bonchev–Trinajstić information content (AvgIpc) is 2.70. The molecule has 1 nitrogen and oxygen atoms in total. The van der Waals surface area contributed by atoms with Gasteiger partial charge in [-0.2, -0.15) is 11.8 Å². The molecule has 0 aliphatic carbocycles. The van der Waals surface area contributed by atoms with E-state index in [1.807, 2.05) is 11.3 Å². The molecule has 1 aromatic heterocycles. The lowest BCUT2D eigenvalue weighted by Crippen LogP contribution is -2.23. The second-order valence-electron chi connectivity index (χ2n) is 4.13. The first-order valence-corrected chi connectivity index (χ1v) is 8.00. The van der Waals surface area contributed by atoms with Gasteiger partial charge in [0.05, 0.1) is 6.04 Å². The van der Waals surface area contributed by atoms with Crippen molar-refractivity contribution in [2.24, 2.45) is 0 Å². The van der Waals surface area contributed by atoms with Crippen molar-refractivity contribution in [2.75, 3.05) is 12.3 Å². The predicted octanol–water partition coefficient (Wildman–Crippen LogP) is 4.24. The highest BCUT2D eigenvalue weighted by Crippen LogP contribution is 2.28. The Morgan fingerprint density at radius 1 is 1.44 bits per heavy atom. The molecule has 1 N–H and O–H groups in total. The minimum Gasteiger partial charge on any atom is -0.309 e. The predicted molar refractivity (Wildman–Crippen MR) is 77.7 cm³/mol. The molecule has 0 aromatic carbocycles. The Bertz CT molecular complexity index is 296. The summed E-state index contributed by atoms with van der Waals surface area (Å²) in [4.78, 5) is 1.51. The smallest absolute Gasteiger partial charge is 0.0509 e. The first-order chi connectivity index (χ1) is 7.69. The van der Waals surface area contributed by atoms with Crippen molar-refractivity contribution >= 4 is 23.1 Å². The first-order valence-electron chi connectivity index (χ1n) is 6.08. The average molecular weight is 257 g/mol. The summed E-state index contributed by atoms with van der Waals surface area (Å²) in [5.74, 6) is 1.18. The summed E-state index contributed by atoms with van der Waals surface area (Å²) in [5, 5.41) is 6.56. The van der Waals surface area contributed by atoms with Crippen molar-refractivity contribution in [3.8, 4) is 0 Å². The number of aryl methyl sites for hydroxylation is 1. The molecular formula is C13H23NS2. The molecule has 0 spiro atoms. The van der Waals surface area contributed by atoms with Crippen LogP contribution in [-0.2, 0) is 0 Å². The lowest BCUT2D eigenvalue weighted by atomic mass is 10.2. The molecule has 1 heterocycles. The highest BCUT2D eigenvalue weighted by atomic mass is 32.2. The van der Waals surface area contributed by atoms with Gasteiger partial charge in [0.25, 0.3) is 0 Å². The lowest BCUT2D eigenvalue weighted by Gasteiger charge is -2.19. The third-order valence-electron chi connectivity index (χ3n) is 2.79. The largest absolute Gasteiger partial charge is 0.309 e. The van der Waals surface area contributed by atoms with Crippen molar-refractivity contribution in [3.05, 3.63) is 21.9 Å². The summed E-state index contributed by atoms with van der Waals surface area (Å²) in [6.07, 6.45) is 1.26. The van der Waals surface area contributed by atoms with Crippen LogP contribution in [0.3, 0.4) is 0 Å². The van der Waals surface area contributed by atoms with Crippen molar-refractivity contribution in [1.82, 2.24) is 5.32 Å². The fraction of sp³-hybridized carbons (Fsp3) is 0.692. The second kappa shape index (κ2) is 7.36. The van der Waals surface area contributed by atoms with E-state index in [0.717, 1.165) is 11.8 Å². The van der Waals surface area contributed by atoms with Gasteiger partial charge in [0, 0.05) is 15.9 Å². The number of rotatable bonds is 7. The van der Waals surface area contributed by atoms with E-state index in [2.05, 4.69) is 56.2 Å². The minimum absolute atomic E-state index is 0.531. The summed E-state index contributed by atoms with van der Waals surface area (Å²) in [6, 6.07) is 2.75. The van der Waals surface area contributed by atoms with Crippen molar-refractivity contribution < 1.29 is 0 Å². The van der Waals surface area contributed by atoms with Crippen LogP contribution in [-0.4, -0.2) is 17.5 Å². The van der Waals surface area contributed by atoms with Crippen LogP contribution in [0.4, 0.5) is 0 Å². The van der Waals surface area contributed by atoms with Crippen molar-refractivity contribution in [1.29, 1.82) is 0 Å². The Labute approximate surface area is 108 Å². The van der Waals surface area contributed by atoms with E-state index in [1.54, 1.807) is 0 Å².